The number of anilines is 1. The van der Waals surface area contributed by atoms with Crippen molar-refractivity contribution in [1.29, 1.82) is 0 Å². The summed E-state index contributed by atoms with van der Waals surface area (Å²) in [6.45, 7) is 3.69. The van der Waals surface area contributed by atoms with Gasteiger partial charge in [0.1, 0.15) is 0 Å². The third-order valence-corrected chi connectivity index (χ3v) is 6.12. The van der Waals surface area contributed by atoms with Crippen LogP contribution in [-0.4, -0.2) is 18.7 Å². The molecule has 2 aromatic heterocycles. The lowest BCUT2D eigenvalue weighted by Gasteiger charge is -2.08. The molecule has 2 heterocycles. The monoisotopic (exact) mass is 394 g/mol. The number of imidazole rings is 1. The van der Waals surface area contributed by atoms with E-state index in [4.69, 9.17) is 11.6 Å². The summed E-state index contributed by atoms with van der Waals surface area (Å²) in [6.07, 6.45) is 6.39. The molecule has 1 aromatic carbocycles. The molecule has 0 fully saturated rings. The second-order valence-electron chi connectivity index (χ2n) is 5.53. The van der Waals surface area contributed by atoms with Crippen molar-refractivity contribution in [2.75, 3.05) is 5.32 Å². The molecule has 0 bridgehead atoms. The zero-order chi connectivity index (χ0) is 17.6. The number of rotatable bonds is 8. The molecule has 5 nitrogen and oxygen atoms in total. The summed E-state index contributed by atoms with van der Waals surface area (Å²) >= 11 is 7.28. The van der Waals surface area contributed by atoms with Crippen LogP contribution in [-0.2, 0) is 29.6 Å². The van der Waals surface area contributed by atoms with E-state index < -0.39 is 10.8 Å². The van der Waals surface area contributed by atoms with E-state index in [0.29, 0.717) is 16.8 Å². The predicted octanol–water partition coefficient (Wildman–Crippen LogP) is 4.32. The fourth-order valence-electron chi connectivity index (χ4n) is 2.41. The summed E-state index contributed by atoms with van der Waals surface area (Å²) in [5, 5.41) is 3.31. The number of aromatic nitrogens is 3. The van der Waals surface area contributed by atoms with Crippen LogP contribution in [0.15, 0.2) is 47.9 Å². The van der Waals surface area contributed by atoms with Crippen LogP contribution in [0, 0.1) is 0 Å². The first-order valence-corrected chi connectivity index (χ1v) is 10.5. The van der Waals surface area contributed by atoms with E-state index in [1.807, 2.05) is 24.3 Å². The maximum absolute atomic E-state index is 12.6. The van der Waals surface area contributed by atoms with Crippen molar-refractivity contribution < 1.29 is 4.21 Å². The molecule has 0 aliphatic rings. The molecule has 1 atom stereocenters. The van der Waals surface area contributed by atoms with Crippen LogP contribution in [0.3, 0.4) is 0 Å². The highest BCUT2D eigenvalue weighted by Gasteiger charge is 2.09. The van der Waals surface area contributed by atoms with E-state index in [2.05, 4.69) is 26.8 Å². The van der Waals surface area contributed by atoms with Gasteiger partial charge < -0.3 is 9.88 Å². The quantitative estimate of drug-likeness (QED) is 0.618. The Balaban J connectivity index is 1.59. The number of nitrogens with one attached hydrogen (secondary N) is 1. The fourth-order valence-corrected chi connectivity index (χ4v) is 4.44. The largest absolute Gasteiger partial charge is 0.380 e. The van der Waals surface area contributed by atoms with Gasteiger partial charge in [-0.25, -0.2) is 9.97 Å². The molecule has 0 saturated carbocycles. The molecule has 0 aliphatic carbocycles. The van der Waals surface area contributed by atoms with Gasteiger partial charge in [0, 0.05) is 34.4 Å². The van der Waals surface area contributed by atoms with E-state index in [0.717, 1.165) is 34.1 Å². The summed E-state index contributed by atoms with van der Waals surface area (Å²) in [5.74, 6) is 0.478. The standard InChI is InChI=1S/C17H19ClN4OS2/c1-2-7-22-12-19-8-14(22)11-25(23)16-5-3-13(4-6-16)20-9-15-10-21-17(18)24-15/h3-6,8,10,12,20H,2,7,9,11H2,1H3. The molecule has 132 valence electrons. The van der Waals surface area contributed by atoms with E-state index in [9.17, 15) is 4.21 Å². The van der Waals surface area contributed by atoms with Gasteiger partial charge in [-0.3, -0.25) is 4.21 Å². The van der Waals surface area contributed by atoms with Crippen molar-refractivity contribution in [3.8, 4) is 0 Å². The van der Waals surface area contributed by atoms with Gasteiger partial charge in [-0.05, 0) is 30.7 Å². The summed E-state index contributed by atoms with van der Waals surface area (Å²) in [4.78, 5) is 10.1. The molecule has 0 saturated heterocycles. The first kappa shape index (κ1) is 18.1. The Morgan fingerprint density at radius 2 is 2.08 bits per heavy atom. The Morgan fingerprint density at radius 1 is 1.28 bits per heavy atom. The first-order valence-electron chi connectivity index (χ1n) is 7.97. The van der Waals surface area contributed by atoms with Crippen LogP contribution in [0.25, 0.3) is 0 Å². The Bertz CT molecular complexity index is 844. The maximum atomic E-state index is 12.6. The topological polar surface area (TPSA) is 59.8 Å². The highest BCUT2D eigenvalue weighted by Crippen LogP contribution is 2.20. The van der Waals surface area contributed by atoms with E-state index >= 15 is 0 Å². The van der Waals surface area contributed by atoms with Gasteiger partial charge in [0.2, 0.25) is 0 Å². The smallest absolute Gasteiger partial charge is 0.183 e. The van der Waals surface area contributed by atoms with Gasteiger partial charge in [0.25, 0.3) is 0 Å². The van der Waals surface area contributed by atoms with Crippen LogP contribution in [0.5, 0.6) is 0 Å². The zero-order valence-corrected chi connectivity index (χ0v) is 16.2. The Kier molecular flexibility index (Phi) is 6.23. The number of hydrogen-bond acceptors (Lipinski definition) is 5. The van der Waals surface area contributed by atoms with Gasteiger partial charge in [-0.15, -0.1) is 11.3 Å². The minimum Gasteiger partial charge on any atom is -0.380 e. The first-order chi connectivity index (χ1) is 12.2. The van der Waals surface area contributed by atoms with E-state index in [1.54, 1.807) is 18.7 Å². The SMILES string of the molecule is CCCn1cncc1CS(=O)c1ccc(NCc2cnc(Cl)s2)cc1. The number of nitrogens with zero attached hydrogens (tertiary/aromatic N) is 3. The summed E-state index contributed by atoms with van der Waals surface area (Å²) in [6, 6.07) is 7.69. The van der Waals surface area contributed by atoms with Gasteiger partial charge in [-0.1, -0.05) is 18.5 Å². The van der Waals surface area contributed by atoms with Gasteiger partial charge in [-0.2, -0.15) is 0 Å². The van der Waals surface area contributed by atoms with Crippen molar-refractivity contribution in [3.63, 3.8) is 0 Å². The average molecular weight is 395 g/mol. The summed E-state index contributed by atoms with van der Waals surface area (Å²) in [7, 11) is -1.09. The molecule has 8 heteroatoms. The Labute approximate surface area is 158 Å². The predicted molar refractivity (Wildman–Crippen MR) is 104 cm³/mol. The molecule has 0 spiro atoms. The fraction of sp³-hybridized carbons (Fsp3) is 0.294. The lowest BCUT2D eigenvalue weighted by atomic mass is 10.3. The van der Waals surface area contributed by atoms with E-state index in [-0.39, 0.29) is 0 Å². The molecular weight excluding hydrogens is 376 g/mol. The zero-order valence-electron chi connectivity index (χ0n) is 13.8. The van der Waals surface area contributed by atoms with Crippen LogP contribution in [0.1, 0.15) is 23.9 Å². The summed E-state index contributed by atoms with van der Waals surface area (Å²) in [5.41, 5.74) is 1.98. The molecule has 3 aromatic rings. The third kappa shape index (κ3) is 4.90. The van der Waals surface area contributed by atoms with Crippen LogP contribution in [0.4, 0.5) is 5.69 Å². The lowest BCUT2D eigenvalue weighted by Crippen LogP contribution is -2.05. The molecule has 3 rings (SSSR count). The Hall–Kier alpha value is -1.70. The molecular formula is C17H19ClN4OS2. The van der Waals surface area contributed by atoms with Crippen molar-refractivity contribution >= 4 is 39.4 Å². The minimum absolute atomic E-state index is 0.478. The molecule has 1 unspecified atom stereocenters. The average Bonchev–Trinajstić information content (AvgIpc) is 3.23. The summed E-state index contributed by atoms with van der Waals surface area (Å²) < 4.78 is 15.2. The van der Waals surface area contributed by atoms with Gasteiger partial charge >= 0.3 is 0 Å². The van der Waals surface area contributed by atoms with Crippen molar-refractivity contribution in [3.05, 3.63) is 58.0 Å². The molecule has 0 aliphatic heterocycles. The van der Waals surface area contributed by atoms with E-state index in [1.165, 1.54) is 11.3 Å². The van der Waals surface area contributed by atoms with Gasteiger partial charge in [0.05, 0.1) is 35.1 Å². The number of hydrogen-bond donors (Lipinski definition) is 1. The molecule has 25 heavy (non-hydrogen) atoms. The number of aryl methyl sites for hydroxylation is 1. The molecule has 1 N–H and O–H groups in total. The van der Waals surface area contributed by atoms with Crippen molar-refractivity contribution in [2.24, 2.45) is 0 Å². The third-order valence-electron chi connectivity index (χ3n) is 3.65. The number of halogens is 1. The van der Waals surface area contributed by atoms with Crippen LogP contribution < -0.4 is 5.32 Å². The highest BCUT2D eigenvalue weighted by atomic mass is 35.5. The normalized spacial score (nSPS) is 12.2. The van der Waals surface area contributed by atoms with Crippen molar-refractivity contribution in [1.82, 2.24) is 14.5 Å². The number of thiazole rings is 1. The number of benzene rings is 1. The van der Waals surface area contributed by atoms with Crippen LogP contribution >= 0.6 is 22.9 Å². The Morgan fingerprint density at radius 3 is 2.76 bits per heavy atom. The highest BCUT2D eigenvalue weighted by molar-refractivity contribution is 7.84. The molecule has 0 radical (unpaired) electrons. The maximum Gasteiger partial charge on any atom is 0.183 e. The second kappa shape index (κ2) is 8.60. The van der Waals surface area contributed by atoms with Crippen LogP contribution in [0.2, 0.25) is 4.47 Å². The van der Waals surface area contributed by atoms with Gasteiger partial charge in [0.15, 0.2) is 4.47 Å². The second-order valence-corrected chi connectivity index (χ2v) is 8.67. The lowest BCUT2D eigenvalue weighted by molar-refractivity contribution is 0.652. The minimum atomic E-state index is -1.09. The molecule has 0 amide bonds. The van der Waals surface area contributed by atoms with Crippen molar-refractivity contribution in [2.45, 2.75) is 37.1 Å².